The molecule has 5 heteroatoms. The molecule has 128 valence electrons. The molecule has 0 unspecified atom stereocenters. The minimum atomic E-state index is -0.252. The summed E-state index contributed by atoms with van der Waals surface area (Å²) in [6, 6.07) is 7.14. The number of carbonyl (C=O) groups is 1. The van der Waals surface area contributed by atoms with Gasteiger partial charge in [0.2, 0.25) is 0 Å². The molecule has 1 aromatic carbocycles. The second kappa shape index (κ2) is 6.03. The predicted molar refractivity (Wildman–Crippen MR) is 97.7 cm³/mol. The highest BCUT2D eigenvalue weighted by molar-refractivity contribution is 7.80. The molecule has 4 saturated carbocycles. The van der Waals surface area contributed by atoms with E-state index in [1.54, 1.807) is 12.1 Å². The van der Waals surface area contributed by atoms with Crippen molar-refractivity contribution >= 4 is 29.0 Å². The lowest BCUT2D eigenvalue weighted by atomic mass is 9.50. The third-order valence-corrected chi connectivity index (χ3v) is 6.14. The number of nitrogens with two attached hydrogens (primary N) is 1. The molecular formula is C19H24N2O2S. The van der Waals surface area contributed by atoms with Crippen LogP contribution in [0.1, 0.15) is 48.9 Å². The van der Waals surface area contributed by atoms with Crippen molar-refractivity contribution in [2.24, 2.45) is 28.9 Å². The number of hydrogen-bond donors (Lipinski definition) is 2. The first-order valence-electron chi connectivity index (χ1n) is 8.85. The Morgan fingerprint density at radius 2 is 1.83 bits per heavy atom. The highest BCUT2D eigenvalue weighted by atomic mass is 32.1. The molecule has 5 rings (SSSR count). The number of hydrogen-bond acceptors (Lipinski definition) is 3. The normalized spacial score (nSPS) is 33.2. The molecule has 0 radical (unpaired) electrons. The van der Waals surface area contributed by atoms with E-state index < -0.39 is 0 Å². The number of rotatable bonds is 4. The Bertz CT molecular complexity index is 638. The first-order valence-corrected chi connectivity index (χ1v) is 9.26. The summed E-state index contributed by atoms with van der Waals surface area (Å²) in [6.07, 6.45) is 7.94. The van der Waals surface area contributed by atoms with Gasteiger partial charge in [-0.25, -0.2) is 4.79 Å². The summed E-state index contributed by atoms with van der Waals surface area (Å²) in [6.45, 7) is 0.572. The Labute approximate surface area is 148 Å². The van der Waals surface area contributed by atoms with Crippen LogP contribution >= 0.6 is 12.2 Å². The van der Waals surface area contributed by atoms with E-state index in [-0.39, 0.29) is 16.5 Å². The second-order valence-corrected chi connectivity index (χ2v) is 8.50. The van der Waals surface area contributed by atoms with Gasteiger partial charge in [0.25, 0.3) is 0 Å². The van der Waals surface area contributed by atoms with Gasteiger partial charge in [-0.1, -0.05) is 6.07 Å². The number of ether oxygens (including phenoxy) is 1. The predicted octanol–water partition coefficient (Wildman–Crippen LogP) is 3.72. The molecule has 3 N–H and O–H groups in total. The Hall–Kier alpha value is -1.62. The number of nitrogens with one attached hydrogen (secondary N) is 1. The van der Waals surface area contributed by atoms with Crippen LogP contribution in [0, 0.1) is 23.2 Å². The number of thiocarbonyl (C=S) groups is 1. The monoisotopic (exact) mass is 344 g/mol. The summed E-state index contributed by atoms with van der Waals surface area (Å²) in [5.74, 6) is 2.35. The van der Waals surface area contributed by atoms with E-state index in [1.807, 2.05) is 12.1 Å². The number of benzene rings is 1. The van der Waals surface area contributed by atoms with Gasteiger partial charge in [-0.3, -0.25) is 0 Å². The molecule has 4 nitrogen and oxygen atoms in total. The molecule has 4 fully saturated rings. The topological polar surface area (TPSA) is 64.3 Å². The molecule has 1 aromatic rings. The minimum Gasteiger partial charge on any atom is -0.462 e. The van der Waals surface area contributed by atoms with Crippen LogP contribution < -0.4 is 11.1 Å². The first-order chi connectivity index (χ1) is 11.5. The SMILES string of the molecule is NC(=S)Nc1cccc(C(=O)OCC23CC4CC(CC(C4)C2)C3)c1. The second-order valence-electron chi connectivity index (χ2n) is 8.06. The molecule has 0 aromatic heterocycles. The molecule has 0 saturated heterocycles. The maximum atomic E-state index is 12.5. The van der Waals surface area contributed by atoms with E-state index in [4.69, 9.17) is 22.7 Å². The molecule has 0 aliphatic heterocycles. The molecule has 0 amide bonds. The van der Waals surface area contributed by atoms with Crippen molar-refractivity contribution in [1.29, 1.82) is 0 Å². The van der Waals surface area contributed by atoms with Gasteiger partial charge in [0.15, 0.2) is 5.11 Å². The maximum Gasteiger partial charge on any atom is 0.338 e. The van der Waals surface area contributed by atoms with Crippen LogP contribution in [0.5, 0.6) is 0 Å². The lowest BCUT2D eigenvalue weighted by Crippen LogP contribution is -2.48. The maximum absolute atomic E-state index is 12.5. The van der Waals surface area contributed by atoms with E-state index in [1.165, 1.54) is 38.5 Å². The van der Waals surface area contributed by atoms with Crippen molar-refractivity contribution in [3.05, 3.63) is 29.8 Å². The van der Waals surface area contributed by atoms with Crippen molar-refractivity contribution in [3.63, 3.8) is 0 Å². The highest BCUT2D eigenvalue weighted by Gasteiger charge is 2.51. The Kier molecular flexibility index (Phi) is 3.99. The smallest absolute Gasteiger partial charge is 0.338 e. The van der Waals surface area contributed by atoms with Crippen LogP contribution in [0.2, 0.25) is 0 Å². The summed E-state index contributed by atoms with van der Waals surface area (Å²) < 4.78 is 5.74. The standard InChI is InChI=1S/C19H24N2O2S/c20-18(24)21-16-3-1-2-15(7-16)17(22)23-11-19-8-12-4-13(9-19)6-14(5-12)10-19/h1-3,7,12-14H,4-6,8-11H2,(H3,20,21,24). The third-order valence-electron chi connectivity index (χ3n) is 6.04. The van der Waals surface area contributed by atoms with E-state index >= 15 is 0 Å². The largest absolute Gasteiger partial charge is 0.462 e. The molecule has 4 aliphatic rings. The molecule has 0 heterocycles. The van der Waals surface area contributed by atoms with Crippen molar-refractivity contribution in [3.8, 4) is 0 Å². The van der Waals surface area contributed by atoms with Crippen LogP contribution in [0.25, 0.3) is 0 Å². The first kappa shape index (κ1) is 15.9. The number of anilines is 1. The summed E-state index contributed by atoms with van der Waals surface area (Å²) in [5, 5.41) is 3.04. The zero-order chi connectivity index (χ0) is 16.7. The van der Waals surface area contributed by atoms with Crippen LogP contribution in [0.4, 0.5) is 5.69 Å². The third kappa shape index (κ3) is 3.14. The van der Waals surface area contributed by atoms with Crippen LogP contribution in [-0.4, -0.2) is 17.7 Å². The highest BCUT2D eigenvalue weighted by Crippen LogP contribution is 2.60. The van der Waals surface area contributed by atoms with Gasteiger partial charge in [0, 0.05) is 11.1 Å². The fourth-order valence-electron chi connectivity index (χ4n) is 5.63. The molecule has 0 atom stereocenters. The van der Waals surface area contributed by atoms with Gasteiger partial charge in [-0.15, -0.1) is 0 Å². The van der Waals surface area contributed by atoms with E-state index in [2.05, 4.69) is 5.32 Å². The van der Waals surface area contributed by atoms with E-state index in [0.717, 1.165) is 17.8 Å². The van der Waals surface area contributed by atoms with Crippen molar-refractivity contribution < 1.29 is 9.53 Å². The molecule has 4 aliphatic carbocycles. The molecule has 4 bridgehead atoms. The summed E-state index contributed by atoms with van der Waals surface area (Å²) in [4.78, 5) is 12.5. The number of carbonyl (C=O) groups excluding carboxylic acids is 1. The van der Waals surface area contributed by atoms with Gasteiger partial charge < -0.3 is 15.8 Å². The minimum absolute atomic E-state index is 0.189. The van der Waals surface area contributed by atoms with Gasteiger partial charge in [0.1, 0.15) is 0 Å². The molecule has 24 heavy (non-hydrogen) atoms. The van der Waals surface area contributed by atoms with Crippen molar-refractivity contribution in [2.45, 2.75) is 38.5 Å². The van der Waals surface area contributed by atoms with E-state index in [0.29, 0.717) is 17.9 Å². The average Bonchev–Trinajstić information content (AvgIpc) is 2.51. The number of esters is 1. The zero-order valence-electron chi connectivity index (χ0n) is 13.8. The average molecular weight is 344 g/mol. The van der Waals surface area contributed by atoms with Crippen LogP contribution in [0.15, 0.2) is 24.3 Å². The van der Waals surface area contributed by atoms with Gasteiger partial charge in [-0.2, -0.15) is 0 Å². The van der Waals surface area contributed by atoms with Crippen LogP contribution in [0.3, 0.4) is 0 Å². The fraction of sp³-hybridized carbons (Fsp3) is 0.579. The molecule has 0 spiro atoms. The van der Waals surface area contributed by atoms with E-state index in [9.17, 15) is 4.79 Å². The lowest BCUT2D eigenvalue weighted by molar-refractivity contribution is -0.0848. The summed E-state index contributed by atoms with van der Waals surface area (Å²) in [7, 11) is 0. The Morgan fingerprint density at radius 1 is 1.21 bits per heavy atom. The summed E-state index contributed by atoms with van der Waals surface area (Å²) >= 11 is 4.84. The van der Waals surface area contributed by atoms with Gasteiger partial charge in [0.05, 0.1) is 12.2 Å². The quantitative estimate of drug-likeness (QED) is 0.644. The van der Waals surface area contributed by atoms with Crippen molar-refractivity contribution in [1.82, 2.24) is 0 Å². The van der Waals surface area contributed by atoms with Gasteiger partial charge in [-0.05, 0) is 86.7 Å². The Morgan fingerprint density at radius 3 is 2.42 bits per heavy atom. The van der Waals surface area contributed by atoms with Crippen LogP contribution in [-0.2, 0) is 4.74 Å². The zero-order valence-corrected chi connectivity index (χ0v) is 14.6. The summed E-state index contributed by atoms with van der Waals surface area (Å²) in [5.41, 5.74) is 6.99. The lowest BCUT2D eigenvalue weighted by Gasteiger charge is -2.56. The van der Waals surface area contributed by atoms with Gasteiger partial charge >= 0.3 is 5.97 Å². The Balaban J connectivity index is 1.41. The van der Waals surface area contributed by atoms with Crippen molar-refractivity contribution in [2.75, 3.05) is 11.9 Å². The molecular weight excluding hydrogens is 320 g/mol. The fourth-order valence-corrected chi connectivity index (χ4v) is 5.75.